The van der Waals surface area contributed by atoms with Gasteiger partial charge in [0, 0.05) is 6.61 Å². The molecule has 0 spiro atoms. The average Bonchev–Trinajstić information content (AvgIpc) is 2.57. The predicted molar refractivity (Wildman–Crippen MR) is 68.0 cm³/mol. The average molecular weight is 255 g/mol. The minimum atomic E-state index is -0.315. The highest BCUT2D eigenvalue weighted by Crippen LogP contribution is 2.14. The van der Waals surface area contributed by atoms with Gasteiger partial charge in [0.05, 0.1) is 23.7 Å². The second-order valence-corrected chi connectivity index (χ2v) is 4.25. The number of hydrogen-bond donors (Lipinski definition) is 2. The maximum atomic E-state index is 11.5. The fraction of sp³-hybridized carbons (Fsp3) is 0.667. The molecule has 0 amide bonds. The maximum Gasteiger partial charge on any atom is 0.327 e. The third kappa shape index (κ3) is 4.03. The maximum absolute atomic E-state index is 11.5. The molecule has 0 aliphatic heterocycles. The number of nitrogens with two attached hydrogens (primary N) is 1. The second-order valence-electron chi connectivity index (χ2n) is 4.25. The Hall–Kier alpha value is -1.56. The number of aliphatic hydroxyl groups excluding tert-OH is 1. The summed E-state index contributed by atoms with van der Waals surface area (Å²) in [4.78, 5) is 11.5. The van der Waals surface area contributed by atoms with E-state index in [1.165, 1.54) is 0 Å². The van der Waals surface area contributed by atoms with Crippen molar-refractivity contribution in [1.82, 2.24) is 9.78 Å². The third-order valence-electron chi connectivity index (χ3n) is 2.78. The molecule has 0 aromatic carbocycles. The molecule has 0 fully saturated rings. The molecule has 0 atom stereocenters. The van der Waals surface area contributed by atoms with E-state index in [0.29, 0.717) is 12.3 Å². The molecule has 0 saturated heterocycles. The second kappa shape index (κ2) is 7.00. The highest BCUT2D eigenvalue weighted by Gasteiger charge is 2.11. The molecule has 0 aliphatic carbocycles. The van der Waals surface area contributed by atoms with Crippen LogP contribution in [0.2, 0.25) is 0 Å². The lowest BCUT2D eigenvalue weighted by Crippen LogP contribution is -2.16. The van der Waals surface area contributed by atoms with Crippen molar-refractivity contribution < 1.29 is 14.6 Å². The molecule has 0 aliphatic rings. The van der Waals surface area contributed by atoms with Crippen LogP contribution in [0.25, 0.3) is 0 Å². The number of ether oxygens (including phenoxy) is 1. The van der Waals surface area contributed by atoms with Crippen LogP contribution in [0.4, 0.5) is 5.69 Å². The molecule has 0 saturated carbocycles. The molecule has 1 heterocycles. The highest BCUT2D eigenvalue weighted by molar-refractivity contribution is 5.69. The van der Waals surface area contributed by atoms with Crippen LogP contribution in [-0.2, 0) is 16.1 Å². The fourth-order valence-corrected chi connectivity index (χ4v) is 1.61. The lowest BCUT2D eigenvalue weighted by molar-refractivity contribution is -0.144. The minimum absolute atomic E-state index is 0.0872. The number of nitrogen functional groups attached to an aromatic ring is 1. The number of rotatable bonds is 7. The summed E-state index contributed by atoms with van der Waals surface area (Å²) >= 11 is 0. The molecule has 0 unspecified atom stereocenters. The summed E-state index contributed by atoms with van der Waals surface area (Å²) in [7, 11) is 0. The summed E-state index contributed by atoms with van der Waals surface area (Å²) in [6, 6.07) is 0. The van der Waals surface area contributed by atoms with Crippen molar-refractivity contribution >= 4 is 11.7 Å². The topological polar surface area (TPSA) is 90.4 Å². The van der Waals surface area contributed by atoms with E-state index in [2.05, 4.69) is 5.10 Å². The first kappa shape index (κ1) is 14.5. The number of aliphatic hydroxyl groups is 1. The molecule has 1 rings (SSSR count). The SMILES string of the molecule is Cc1nn(CC(=O)OCCCCCO)c(C)c1N. The normalized spacial score (nSPS) is 10.6. The van der Waals surface area contributed by atoms with E-state index in [9.17, 15) is 4.79 Å². The number of hydrogen-bond acceptors (Lipinski definition) is 5. The van der Waals surface area contributed by atoms with Crippen LogP contribution in [0.1, 0.15) is 30.7 Å². The fourth-order valence-electron chi connectivity index (χ4n) is 1.61. The van der Waals surface area contributed by atoms with E-state index in [1.807, 2.05) is 6.92 Å². The van der Waals surface area contributed by atoms with Crippen LogP contribution in [0.5, 0.6) is 0 Å². The number of esters is 1. The molecular weight excluding hydrogens is 234 g/mol. The smallest absolute Gasteiger partial charge is 0.327 e. The lowest BCUT2D eigenvalue weighted by Gasteiger charge is -2.06. The first-order valence-electron chi connectivity index (χ1n) is 6.12. The lowest BCUT2D eigenvalue weighted by atomic mass is 10.2. The molecule has 6 heteroatoms. The first-order valence-corrected chi connectivity index (χ1v) is 6.12. The van der Waals surface area contributed by atoms with Gasteiger partial charge in [0.25, 0.3) is 0 Å². The Morgan fingerprint density at radius 1 is 1.39 bits per heavy atom. The molecule has 0 bridgehead atoms. The Morgan fingerprint density at radius 3 is 2.67 bits per heavy atom. The molecule has 0 radical (unpaired) electrons. The zero-order valence-electron chi connectivity index (χ0n) is 11.0. The Balaban J connectivity index is 2.33. The van der Waals surface area contributed by atoms with Crippen LogP contribution in [-0.4, -0.2) is 34.1 Å². The van der Waals surface area contributed by atoms with Crippen LogP contribution in [0, 0.1) is 13.8 Å². The molecule has 1 aromatic rings. The summed E-state index contributed by atoms with van der Waals surface area (Å²) in [6.07, 6.45) is 2.37. The summed E-state index contributed by atoms with van der Waals surface area (Å²) in [5.41, 5.74) is 7.90. The van der Waals surface area contributed by atoms with Gasteiger partial charge >= 0.3 is 5.97 Å². The van der Waals surface area contributed by atoms with Gasteiger partial charge < -0.3 is 15.6 Å². The van der Waals surface area contributed by atoms with Gasteiger partial charge in [-0.25, -0.2) is 0 Å². The Bertz CT molecular complexity index is 402. The van der Waals surface area contributed by atoms with Crippen molar-refractivity contribution in [2.75, 3.05) is 18.9 Å². The summed E-state index contributed by atoms with van der Waals surface area (Å²) in [5.74, 6) is -0.315. The van der Waals surface area contributed by atoms with Crippen molar-refractivity contribution in [3.05, 3.63) is 11.4 Å². The van der Waals surface area contributed by atoms with E-state index in [4.69, 9.17) is 15.6 Å². The molecule has 6 nitrogen and oxygen atoms in total. The van der Waals surface area contributed by atoms with Crippen molar-refractivity contribution in [3.63, 3.8) is 0 Å². The van der Waals surface area contributed by atoms with E-state index in [-0.39, 0.29) is 19.1 Å². The Labute approximate surface area is 107 Å². The van der Waals surface area contributed by atoms with Gasteiger partial charge in [0.1, 0.15) is 6.54 Å². The third-order valence-corrected chi connectivity index (χ3v) is 2.78. The molecule has 3 N–H and O–H groups in total. The van der Waals surface area contributed by atoms with E-state index >= 15 is 0 Å². The van der Waals surface area contributed by atoms with Crippen molar-refractivity contribution in [3.8, 4) is 0 Å². The number of carbonyl (C=O) groups is 1. The van der Waals surface area contributed by atoms with E-state index in [0.717, 1.165) is 30.7 Å². The Kier molecular flexibility index (Phi) is 5.64. The zero-order chi connectivity index (χ0) is 13.5. The number of carbonyl (C=O) groups excluding carboxylic acids is 1. The van der Waals surface area contributed by atoms with E-state index in [1.54, 1.807) is 11.6 Å². The highest BCUT2D eigenvalue weighted by atomic mass is 16.5. The summed E-state index contributed by atoms with van der Waals surface area (Å²) in [6.45, 7) is 4.28. The number of nitrogens with zero attached hydrogens (tertiary/aromatic N) is 2. The van der Waals surface area contributed by atoms with Gasteiger partial charge in [-0.05, 0) is 33.1 Å². The van der Waals surface area contributed by atoms with Gasteiger partial charge in [0.15, 0.2) is 0 Å². The standard InChI is InChI=1S/C12H21N3O3/c1-9-12(13)10(2)15(14-9)8-11(17)18-7-5-3-4-6-16/h16H,3-8,13H2,1-2H3. The van der Waals surface area contributed by atoms with E-state index < -0.39 is 0 Å². The minimum Gasteiger partial charge on any atom is -0.464 e. The van der Waals surface area contributed by atoms with Crippen LogP contribution in [0.3, 0.4) is 0 Å². The zero-order valence-corrected chi connectivity index (χ0v) is 11.0. The monoisotopic (exact) mass is 255 g/mol. The van der Waals surface area contributed by atoms with Crippen LogP contribution in [0.15, 0.2) is 0 Å². The van der Waals surface area contributed by atoms with Gasteiger partial charge in [0.2, 0.25) is 0 Å². The first-order chi connectivity index (χ1) is 8.56. The van der Waals surface area contributed by atoms with Gasteiger partial charge in [-0.3, -0.25) is 9.48 Å². The number of aryl methyl sites for hydroxylation is 1. The predicted octanol–water partition coefficient (Wildman–Crippen LogP) is 0.788. The quantitative estimate of drug-likeness (QED) is 0.555. The van der Waals surface area contributed by atoms with Crippen LogP contribution < -0.4 is 5.73 Å². The molecule has 18 heavy (non-hydrogen) atoms. The summed E-state index contributed by atoms with van der Waals surface area (Å²) in [5, 5.41) is 12.8. The summed E-state index contributed by atoms with van der Waals surface area (Å²) < 4.78 is 6.63. The number of aromatic nitrogens is 2. The largest absolute Gasteiger partial charge is 0.464 e. The number of anilines is 1. The molecular formula is C12H21N3O3. The molecule has 102 valence electrons. The van der Waals surface area contributed by atoms with Gasteiger partial charge in [-0.15, -0.1) is 0 Å². The van der Waals surface area contributed by atoms with Gasteiger partial charge in [-0.2, -0.15) is 5.10 Å². The molecule has 1 aromatic heterocycles. The Morgan fingerprint density at radius 2 is 2.11 bits per heavy atom. The van der Waals surface area contributed by atoms with Gasteiger partial charge in [-0.1, -0.05) is 0 Å². The number of unbranched alkanes of at least 4 members (excludes halogenated alkanes) is 2. The van der Waals surface area contributed by atoms with Crippen LogP contribution >= 0.6 is 0 Å². The van der Waals surface area contributed by atoms with Crippen molar-refractivity contribution in [1.29, 1.82) is 0 Å². The van der Waals surface area contributed by atoms with Crippen molar-refractivity contribution in [2.24, 2.45) is 0 Å². The van der Waals surface area contributed by atoms with Crippen molar-refractivity contribution in [2.45, 2.75) is 39.7 Å².